The lowest BCUT2D eigenvalue weighted by Crippen LogP contribution is -2.29. The fourth-order valence-electron chi connectivity index (χ4n) is 2.62. The molecule has 0 bridgehead atoms. The first-order chi connectivity index (χ1) is 11.7. The van der Waals surface area contributed by atoms with E-state index < -0.39 is 5.91 Å². The Labute approximate surface area is 136 Å². The molecule has 1 aromatic carbocycles. The number of carbonyl (C=O) groups is 2. The summed E-state index contributed by atoms with van der Waals surface area (Å²) in [5, 5.41) is 9.54. The van der Waals surface area contributed by atoms with Crippen molar-refractivity contribution in [2.75, 3.05) is 10.6 Å². The molecule has 1 atom stereocenters. The van der Waals surface area contributed by atoms with Gasteiger partial charge in [0.1, 0.15) is 0 Å². The molecule has 0 spiro atoms. The summed E-state index contributed by atoms with van der Waals surface area (Å²) < 4.78 is 6.64. The molecular weight excluding hydrogens is 310 g/mol. The van der Waals surface area contributed by atoms with Crippen molar-refractivity contribution in [1.29, 1.82) is 0 Å². The second-order valence-electron chi connectivity index (χ2n) is 5.31. The number of amides is 2. The van der Waals surface area contributed by atoms with Crippen LogP contribution in [0.2, 0.25) is 0 Å². The number of aromatic nitrogens is 3. The maximum atomic E-state index is 12.0. The first-order valence-electron chi connectivity index (χ1n) is 7.37. The number of hydrogen-bond donors (Lipinski definition) is 2. The van der Waals surface area contributed by atoms with E-state index in [0.29, 0.717) is 5.95 Å². The van der Waals surface area contributed by atoms with Crippen LogP contribution in [0.5, 0.6) is 0 Å². The Morgan fingerprint density at radius 2 is 2.08 bits per heavy atom. The van der Waals surface area contributed by atoms with Gasteiger partial charge in [-0.2, -0.15) is 4.98 Å². The maximum Gasteiger partial charge on any atom is 0.293 e. The van der Waals surface area contributed by atoms with Gasteiger partial charge < -0.3 is 4.42 Å². The third-order valence-corrected chi connectivity index (χ3v) is 3.71. The van der Waals surface area contributed by atoms with Crippen molar-refractivity contribution in [2.24, 2.45) is 0 Å². The quantitative estimate of drug-likeness (QED) is 0.768. The predicted octanol–water partition coefficient (Wildman–Crippen LogP) is 2.05. The Morgan fingerprint density at radius 1 is 1.25 bits per heavy atom. The van der Waals surface area contributed by atoms with Gasteiger partial charge in [0.15, 0.2) is 5.76 Å². The van der Waals surface area contributed by atoms with Crippen LogP contribution < -0.4 is 10.6 Å². The molecule has 4 rings (SSSR count). The normalized spacial score (nSPS) is 16.3. The van der Waals surface area contributed by atoms with Crippen LogP contribution in [0.4, 0.5) is 11.9 Å². The molecule has 2 aromatic heterocycles. The van der Waals surface area contributed by atoms with Crippen LogP contribution in [0, 0.1) is 0 Å². The van der Waals surface area contributed by atoms with Gasteiger partial charge in [-0.3, -0.25) is 20.2 Å². The lowest BCUT2D eigenvalue weighted by atomic mass is 10.0. The minimum Gasteiger partial charge on any atom is -0.459 e. The van der Waals surface area contributed by atoms with Gasteiger partial charge in [0.05, 0.1) is 18.7 Å². The van der Waals surface area contributed by atoms with Crippen molar-refractivity contribution in [3.8, 4) is 0 Å². The monoisotopic (exact) mass is 323 g/mol. The number of nitrogens with one attached hydrogen (secondary N) is 2. The molecule has 2 N–H and O–H groups in total. The SMILES string of the molecule is O=C1C[C@H](c2ccccc2)n2nc(NC(=O)c3ccco3)nc2N1. The highest BCUT2D eigenvalue weighted by Gasteiger charge is 2.29. The van der Waals surface area contributed by atoms with Crippen LogP contribution in [-0.4, -0.2) is 26.6 Å². The summed E-state index contributed by atoms with van der Waals surface area (Å²) in [6.45, 7) is 0. The lowest BCUT2D eigenvalue weighted by Gasteiger charge is -2.23. The molecule has 0 fully saturated rings. The molecule has 3 heterocycles. The van der Waals surface area contributed by atoms with E-state index in [2.05, 4.69) is 20.7 Å². The first kappa shape index (κ1) is 14.2. The Bertz CT molecular complexity index is 886. The van der Waals surface area contributed by atoms with E-state index in [4.69, 9.17) is 4.42 Å². The van der Waals surface area contributed by atoms with Gasteiger partial charge in [-0.15, -0.1) is 5.10 Å². The number of rotatable bonds is 3. The minimum absolute atomic E-state index is 0.106. The summed E-state index contributed by atoms with van der Waals surface area (Å²) in [4.78, 5) is 28.1. The smallest absolute Gasteiger partial charge is 0.293 e. The second-order valence-corrected chi connectivity index (χ2v) is 5.31. The molecule has 0 saturated carbocycles. The van der Waals surface area contributed by atoms with E-state index in [-0.39, 0.29) is 30.1 Å². The molecule has 1 aliphatic rings. The molecule has 8 nitrogen and oxygen atoms in total. The third-order valence-electron chi connectivity index (χ3n) is 3.71. The zero-order chi connectivity index (χ0) is 16.5. The molecule has 0 saturated heterocycles. The minimum atomic E-state index is -0.453. The molecule has 2 amide bonds. The number of hydrogen-bond acceptors (Lipinski definition) is 5. The van der Waals surface area contributed by atoms with E-state index in [9.17, 15) is 9.59 Å². The Balaban J connectivity index is 1.65. The van der Waals surface area contributed by atoms with Crippen molar-refractivity contribution in [3.63, 3.8) is 0 Å². The summed E-state index contributed by atoms with van der Waals surface area (Å²) in [5.74, 6) is -0.0333. The van der Waals surface area contributed by atoms with Crippen LogP contribution in [-0.2, 0) is 4.79 Å². The average molecular weight is 323 g/mol. The van der Waals surface area contributed by atoms with E-state index >= 15 is 0 Å². The van der Waals surface area contributed by atoms with Crippen molar-refractivity contribution >= 4 is 23.7 Å². The summed E-state index contributed by atoms with van der Waals surface area (Å²) in [7, 11) is 0. The summed E-state index contributed by atoms with van der Waals surface area (Å²) in [6.07, 6.45) is 1.66. The van der Waals surface area contributed by atoms with Crippen molar-refractivity contribution in [2.45, 2.75) is 12.5 Å². The largest absolute Gasteiger partial charge is 0.459 e. The third kappa shape index (κ3) is 2.54. The van der Waals surface area contributed by atoms with Crippen LogP contribution in [0.1, 0.15) is 28.6 Å². The predicted molar refractivity (Wildman–Crippen MR) is 84.5 cm³/mol. The number of furan rings is 1. The molecule has 8 heteroatoms. The molecular formula is C16H13N5O3. The fraction of sp³-hybridized carbons (Fsp3) is 0.125. The highest BCUT2D eigenvalue weighted by molar-refractivity contribution is 6.01. The van der Waals surface area contributed by atoms with Crippen LogP contribution >= 0.6 is 0 Å². The van der Waals surface area contributed by atoms with Crippen LogP contribution in [0.25, 0.3) is 0 Å². The molecule has 0 unspecified atom stereocenters. The molecule has 1 aliphatic heterocycles. The summed E-state index contributed by atoms with van der Waals surface area (Å²) in [6, 6.07) is 12.5. The maximum absolute atomic E-state index is 12.0. The molecule has 0 radical (unpaired) electrons. The van der Waals surface area contributed by atoms with Gasteiger partial charge in [-0.05, 0) is 17.7 Å². The highest BCUT2D eigenvalue weighted by atomic mass is 16.3. The van der Waals surface area contributed by atoms with E-state index in [1.807, 2.05) is 30.3 Å². The molecule has 0 aliphatic carbocycles. The topological polar surface area (TPSA) is 102 Å². The molecule has 3 aromatic rings. The summed E-state index contributed by atoms with van der Waals surface area (Å²) in [5.41, 5.74) is 0.947. The highest BCUT2D eigenvalue weighted by Crippen LogP contribution is 2.29. The Hall–Kier alpha value is -3.42. The van der Waals surface area contributed by atoms with Crippen molar-refractivity contribution in [1.82, 2.24) is 14.8 Å². The molecule has 24 heavy (non-hydrogen) atoms. The number of fused-ring (bicyclic) bond motifs is 1. The van der Waals surface area contributed by atoms with Gasteiger partial charge in [-0.25, -0.2) is 4.68 Å². The Kier molecular flexibility index (Phi) is 3.34. The Morgan fingerprint density at radius 3 is 2.83 bits per heavy atom. The summed E-state index contributed by atoms with van der Waals surface area (Å²) >= 11 is 0. The number of anilines is 2. The number of benzene rings is 1. The second kappa shape index (κ2) is 5.65. The average Bonchev–Trinajstić information content (AvgIpc) is 3.24. The van der Waals surface area contributed by atoms with E-state index in [1.165, 1.54) is 6.26 Å². The number of carbonyl (C=O) groups excluding carboxylic acids is 2. The fourth-order valence-corrected chi connectivity index (χ4v) is 2.62. The van der Waals surface area contributed by atoms with Crippen LogP contribution in [0.15, 0.2) is 53.1 Å². The van der Waals surface area contributed by atoms with Gasteiger partial charge in [-0.1, -0.05) is 30.3 Å². The van der Waals surface area contributed by atoms with Crippen molar-refractivity contribution in [3.05, 3.63) is 60.1 Å². The number of nitrogens with zero attached hydrogens (tertiary/aromatic N) is 3. The van der Waals surface area contributed by atoms with Crippen molar-refractivity contribution < 1.29 is 14.0 Å². The van der Waals surface area contributed by atoms with Gasteiger partial charge in [0, 0.05) is 0 Å². The van der Waals surface area contributed by atoms with E-state index in [1.54, 1.807) is 16.8 Å². The first-order valence-corrected chi connectivity index (χ1v) is 7.37. The zero-order valence-corrected chi connectivity index (χ0v) is 12.5. The van der Waals surface area contributed by atoms with Gasteiger partial charge in [0.2, 0.25) is 11.9 Å². The van der Waals surface area contributed by atoms with Crippen LogP contribution in [0.3, 0.4) is 0 Å². The van der Waals surface area contributed by atoms with Gasteiger partial charge in [0.25, 0.3) is 11.9 Å². The molecule has 120 valence electrons. The van der Waals surface area contributed by atoms with E-state index in [0.717, 1.165) is 5.56 Å². The van der Waals surface area contributed by atoms with Gasteiger partial charge >= 0.3 is 0 Å². The standard InChI is InChI=1S/C16H13N5O3/c22-13-9-11(10-5-2-1-3-6-10)21-16(17-13)19-15(20-21)18-14(23)12-7-4-8-24-12/h1-8,11H,9H2,(H2,17,18,19,20,22,23)/t11-/m1/s1. The lowest BCUT2D eigenvalue weighted by molar-refractivity contribution is -0.117. The zero-order valence-electron chi connectivity index (χ0n) is 12.5.